The second-order valence-corrected chi connectivity index (χ2v) is 5.70. The van der Waals surface area contributed by atoms with Crippen molar-refractivity contribution in [2.24, 2.45) is 0 Å². The van der Waals surface area contributed by atoms with Crippen molar-refractivity contribution in [1.82, 2.24) is 9.97 Å². The number of aromatic nitrogens is 2. The molecule has 94 valence electrons. The molecule has 0 atom stereocenters. The molecule has 0 aliphatic heterocycles. The zero-order chi connectivity index (χ0) is 13.3. The Hall–Kier alpha value is -1.22. The summed E-state index contributed by atoms with van der Waals surface area (Å²) < 4.78 is 0.842. The first-order valence-corrected chi connectivity index (χ1v) is 6.89. The Balaban J connectivity index is 2.53. The molecular formula is C15H17BrN2. The molecule has 0 saturated heterocycles. The van der Waals surface area contributed by atoms with Gasteiger partial charge in [0, 0.05) is 11.5 Å². The third-order valence-electron chi connectivity index (χ3n) is 3.03. The molecule has 0 amide bonds. The van der Waals surface area contributed by atoms with E-state index in [4.69, 9.17) is 0 Å². The molecule has 0 fully saturated rings. The van der Waals surface area contributed by atoms with Crippen LogP contribution < -0.4 is 0 Å². The molecule has 3 heteroatoms. The Labute approximate surface area is 117 Å². The Bertz CT molecular complexity index is 577. The summed E-state index contributed by atoms with van der Waals surface area (Å²) in [6.45, 7) is 8.45. The Morgan fingerprint density at radius 1 is 1.00 bits per heavy atom. The zero-order valence-electron chi connectivity index (χ0n) is 11.2. The summed E-state index contributed by atoms with van der Waals surface area (Å²) in [5.74, 6) is 1.20. The van der Waals surface area contributed by atoms with E-state index in [1.807, 2.05) is 6.07 Å². The lowest BCUT2D eigenvalue weighted by molar-refractivity contribution is 0.771. The summed E-state index contributed by atoms with van der Waals surface area (Å²) in [4.78, 5) is 9.04. The van der Waals surface area contributed by atoms with Crippen molar-refractivity contribution in [3.63, 3.8) is 0 Å². The maximum atomic E-state index is 4.63. The normalized spacial score (nSPS) is 11.0. The van der Waals surface area contributed by atoms with Gasteiger partial charge in [0.1, 0.15) is 10.4 Å². The SMILES string of the molecule is Cc1ccc(-c2cc(Br)nc(C(C)C)n2)cc1C. The van der Waals surface area contributed by atoms with E-state index in [2.05, 4.69) is 71.8 Å². The maximum absolute atomic E-state index is 4.63. The van der Waals surface area contributed by atoms with Crippen LogP contribution in [0.1, 0.15) is 36.7 Å². The molecule has 18 heavy (non-hydrogen) atoms. The number of rotatable bonds is 2. The van der Waals surface area contributed by atoms with Crippen molar-refractivity contribution in [3.05, 3.63) is 45.8 Å². The molecule has 0 saturated carbocycles. The van der Waals surface area contributed by atoms with Crippen LogP contribution in [0.4, 0.5) is 0 Å². The lowest BCUT2D eigenvalue weighted by Crippen LogP contribution is -1.99. The van der Waals surface area contributed by atoms with Gasteiger partial charge < -0.3 is 0 Å². The van der Waals surface area contributed by atoms with Crippen molar-refractivity contribution in [2.75, 3.05) is 0 Å². The van der Waals surface area contributed by atoms with E-state index in [-0.39, 0.29) is 0 Å². The Morgan fingerprint density at radius 2 is 1.72 bits per heavy atom. The summed E-state index contributed by atoms with van der Waals surface area (Å²) in [7, 11) is 0. The smallest absolute Gasteiger partial charge is 0.132 e. The van der Waals surface area contributed by atoms with Crippen molar-refractivity contribution in [1.29, 1.82) is 0 Å². The van der Waals surface area contributed by atoms with Crippen molar-refractivity contribution < 1.29 is 0 Å². The van der Waals surface area contributed by atoms with Gasteiger partial charge in [-0.2, -0.15) is 0 Å². The predicted molar refractivity (Wildman–Crippen MR) is 78.7 cm³/mol. The lowest BCUT2D eigenvalue weighted by atomic mass is 10.0. The number of benzene rings is 1. The molecule has 1 heterocycles. The zero-order valence-corrected chi connectivity index (χ0v) is 12.7. The number of nitrogens with zero attached hydrogens (tertiary/aromatic N) is 2. The maximum Gasteiger partial charge on any atom is 0.132 e. The first kappa shape index (κ1) is 13.2. The molecule has 2 aromatic rings. The van der Waals surface area contributed by atoms with Crippen LogP contribution in [-0.4, -0.2) is 9.97 Å². The van der Waals surface area contributed by atoms with Crippen LogP contribution in [0.3, 0.4) is 0 Å². The van der Waals surface area contributed by atoms with Crippen LogP contribution in [0, 0.1) is 13.8 Å². The highest BCUT2D eigenvalue weighted by Crippen LogP contribution is 2.24. The number of hydrogen-bond donors (Lipinski definition) is 0. The highest BCUT2D eigenvalue weighted by atomic mass is 79.9. The summed E-state index contributed by atoms with van der Waals surface area (Å²) in [5.41, 5.74) is 4.70. The number of aryl methyl sites for hydroxylation is 2. The molecule has 0 bridgehead atoms. The first-order chi connectivity index (χ1) is 8.47. The third-order valence-corrected chi connectivity index (χ3v) is 3.44. The molecule has 0 aliphatic carbocycles. The van der Waals surface area contributed by atoms with Gasteiger partial charge >= 0.3 is 0 Å². The molecule has 2 rings (SSSR count). The Kier molecular flexibility index (Phi) is 3.81. The molecular weight excluding hydrogens is 288 g/mol. The van der Waals surface area contributed by atoms with Crippen molar-refractivity contribution >= 4 is 15.9 Å². The van der Waals surface area contributed by atoms with Crippen LogP contribution >= 0.6 is 15.9 Å². The summed E-state index contributed by atoms with van der Waals surface area (Å²) in [5, 5.41) is 0. The van der Waals surface area contributed by atoms with Gasteiger partial charge in [-0.15, -0.1) is 0 Å². The van der Waals surface area contributed by atoms with Gasteiger partial charge in [0.05, 0.1) is 5.69 Å². The van der Waals surface area contributed by atoms with E-state index >= 15 is 0 Å². The standard InChI is InChI=1S/C15H17BrN2/c1-9(2)15-17-13(8-14(16)18-15)12-6-5-10(3)11(4)7-12/h5-9H,1-4H3. The molecule has 0 aliphatic rings. The van der Waals surface area contributed by atoms with E-state index in [0.29, 0.717) is 5.92 Å². The van der Waals surface area contributed by atoms with Crippen molar-refractivity contribution in [2.45, 2.75) is 33.6 Å². The van der Waals surface area contributed by atoms with E-state index in [1.165, 1.54) is 11.1 Å². The van der Waals surface area contributed by atoms with E-state index < -0.39 is 0 Å². The number of hydrogen-bond acceptors (Lipinski definition) is 2. The highest BCUT2D eigenvalue weighted by Gasteiger charge is 2.08. The van der Waals surface area contributed by atoms with Crippen LogP contribution in [0.15, 0.2) is 28.9 Å². The molecule has 1 aromatic carbocycles. The average Bonchev–Trinajstić information content (AvgIpc) is 2.31. The molecule has 0 radical (unpaired) electrons. The van der Waals surface area contributed by atoms with Crippen LogP contribution in [0.2, 0.25) is 0 Å². The van der Waals surface area contributed by atoms with E-state index in [0.717, 1.165) is 21.7 Å². The Morgan fingerprint density at radius 3 is 2.33 bits per heavy atom. The molecule has 2 nitrogen and oxygen atoms in total. The van der Waals surface area contributed by atoms with E-state index in [9.17, 15) is 0 Å². The van der Waals surface area contributed by atoms with Crippen molar-refractivity contribution in [3.8, 4) is 11.3 Å². The van der Waals surface area contributed by atoms with Crippen LogP contribution in [0.25, 0.3) is 11.3 Å². The summed E-state index contributed by atoms with van der Waals surface area (Å²) in [6, 6.07) is 8.39. The van der Waals surface area contributed by atoms with Gasteiger partial charge in [-0.1, -0.05) is 26.0 Å². The second-order valence-electron chi connectivity index (χ2n) is 4.89. The highest BCUT2D eigenvalue weighted by molar-refractivity contribution is 9.10. The molecule has 0 unspecified atom stereocenters. The minimum atomic E-state index is 0.327. The van der Waals surface area contributed by atoms with Crippen LogP contribution in [-0.2, 0) is 0 Å². The lowest BCUT2D eigenvalue weighted by Gasteiger charge is -2.09. The van der Waals surface area contributed by atoms with Gasteiger partial charge in [-0.3, -0.25) is 0 Å². The van der Waals surface area contributed by atoms with Gasteiger partial charge in [-0.05, 0) is 53.0 Å². The molecule has 1 aromatic heterocycles. The minimum Gasteiger partial charge on any atom is -0.233 e. The summed E-state index contributed by atoms with van der Waals surface area (Å²) in [6.07, 6.45) is 0. The largest absolute Gasteiger partial charge is 0.233 e. The average molecular weight is 305 g/mol. The summed E-state index contributed by atoms with van der Waals surface area (Å²) >= 11 is 3.46. The fourth-order valence-corrected chi connectivity index (χ4v) is 2.14. The minimum absolute atomic E-state index is 0.327. The molecule has 0 spiro atoms. The van der Waals surface area contributed by atoms with Gasteiger partial charge in [0.2, 0.25) is 0 Å². The fourth-order valence-electron chi connectivity index (χ4n) is 1.74. The second kappa shape index (κ2) is 5.19. The monoisotopic (exact) mass is 304 g/mol. The first-order valence-electron chi connectivity index (χ1n) is 6.09. The quantitative estimate of drug-likeness (QED) is 0.755. The van der Waals surface area contributed by atoms with Crippen LogP contribution in [0.5, 0.6) is 0 Å². The molecule has 0 N–H and O–H groups in total. The third kappa shape index (κ3) is 2.78. The van der Waals surface area contributed by atoms with Gasteiger partial charge in [-0.25, -0.2) is 9.97 Å². The van der Waals surface area contributed by atoms with Gasteiger partial charge in [0.15, 0.2) is 0 Å². The van der Waals surface area contributed by atoms with E-state index in [1.54, 1.807) is 0 Å². The fraction of sp³-hybridized carbons (Fsp3) is 0.333. The predicted octanol–water partition coefficient (Wildman–Crippen LogP) is 4.65. The van der Waals surface area contributed by atoms with Gasteiger partial charge in [0.25, 0.3) is 0 Å². The number of halogens is 1. The topological polar surface area (TPSA) is 25.8 Å².